The van der Waals surface area contributed by atoms with Crippen LogP contribution < -0.4 is 15.7 Å². The van der Waals surface area contributed by atoms with Crippen LogP contribution in [0, 0.1) is 0 Å². The number of nitrogens with one attached hydrogen (secondary N) is 1. The maximum atomic E-state index is 12.0. The van der Waals surface area contributed by atoms with Crippen LogP contribution in [-0.4, -0.2) is 25.5 Å². The predicted molar refractivity (Wildman–Crippen MR) is 64.8 cm³/mol. The summed E-state index contributed by atoms with van der Waals surface area (Å²) in [7, 11) is 1.55. The van der Waals surface area contributed by atoms with Crippen molar-refractivity contribution < 1.29 is 14.6 Å². The molecular weight excluding hydrogens is 252 g/mol. The van der Waals surface area contributed by atoms with E-state index < -0.39 is 6.09 Å². The summed E-state index contributed by atoms with van der Waals surface area (Å²) in [4.78, 5) is 22.7. The maximum absolute atomic E-state index is 12.0. The second kappa shape index (κ2) is 3.87. The Morgan fingerprint density at radius 3 is 3.05 bits per heavy atom. The van der Waals surface area contributed by atoms with Crippen LogP contribution >= 0.6 is 0 Å². The topological polar surface area (TPSA) is 98.4 Å². The van der Waals surface area contributed by atoms with E-state index in [1.165, 1.54) is 9.25 Å². The molecule has 2 aromatic rings. The molecule has 2 heterocycles. The van der Waals surface area contributed by atoms with Crippen molar-refractivity contribution in [3.8, 4) is 11.4 Å². The standard InChI is InChI=1S/C11H10N4O4/c1-14-11(18)15-7-4-2-3-6(12-10(16)17)9(7)19-5-8(15)13-14/h2-4,12H,5H2,1H3,(H,16,17). The first-order valence-electron chi connectivity index (χ1n) is 5.49. The number of hydrogen-bond donors (Lipinski definition) is 2. The molecule has 1 aromatic carbocycles. The third-order valence-electron chi connectivity index (χ3n) is 2.81. The molecule has 0 radical (unpaired) electrons. The van der Waals surface area contributed by atoms with Gasteiger partial charge in [-0.05, 0) is 12.1 Å². The summed E-state index contributed by atoms with van der Waals surface area (Å²) in [6.07, 6.45) is -1.19. The monoisotopic (exact) mass is 262 g/mol. The zero-order valence-electron chi connectivity index (χ0n) is 9.95. The lowest BCUT2D eigenvalue weighted by atomic mass is 10.2. The molecule has 1 aliphatic rings. The molecule has 3 rings (SSSR count). The molecule has 2 N–H and O–H groups in total. The number of benzene rings is 1. The van der Waals surface area contributed by atoms with Crippen molar-refractivity contribution in [2.45, 2.75) is 6.61 Å². The molecule has 19 heavy (non-hydrogen) atoms. The number of carbonyl (C=O) groups is 1. The second-order valence-electron chi connectivity index (χ2n) is 4.03. The normalized spacial score (nSPS) is 12.3. The van der Waals surface area contributed by atoms with Gasteiger partial charge in [0.05, 0.1) is 11.4 Å². The van der Waals surface area contributed by atoms with Crippen molar-refractivity contribution in [1.29, 1.82) is 0 Å². The van der Waals surface area contributed by atoms with Crippen molar-refractivity contribution in [1.82, 2.24) is 14.3 Å². The highest BCUT2D eigenvalue weighted by Crippen LogP contribution is 2.35. The minimum atomic E-state index is -1.19. The van der Waals surface area contributed by atoms with Gasteiger partial charge in [0.1, 0.15) is 6.61 Å². The smallest absolute Gasteiger partial charge is 0.409 e. The van der Waals surface area contributed by atoms with Crippen LogP contribution in [0.2, 0.25) is 0 Å². The molecule has 0 aliphatic carbocycles. The molecule has 98 valence electrons. The van der Waals surface area contributed by atoms with Gasteiger partial charge in [0.15, 0.2) is 11.6 Å². The van der Waals surface area contributed by atoms with Gasteiger partial charge >= 0.3 is 11.8 Å². The molecule has 0 fully saturated rings. The number of carboxylic acid groups (broad SMARTS) is 1. The number of para-hydroxylation sites is 1. The zero-order valence-corrected chi connectivity index (χ0v) is 9.95. The molecule has 8 heteroatoms. The summed E-state index contributed by atoms with van der Waals surface area (Å²) >= 11 is 0. The Morgan fingerprint density at radius 1 is 1.53 bits per heavy atom. The Hall–Kier alpha value is -2.77. The van der Waals surface area contributed by atoms with Gasteiger partial charge in [0.25, 0.3) is 0 Å². The van der Waals surface area contributed by atoms with Crippen molar-refractivity contribution in [3.05, 3.63) is 34.5 Å². The second-order valence-corrected chi connectivity index (χ2v) is 4.03. The van der Waals surface area contributed by atoms with Crippen LogP contribution in [0.25, 0.3) is 5.69 Å². The Labute approximate surface area is 106 Å². The summed E-state index contributed by atoms with van der Waals surface area (Å²) < 4.78 is 8.11. The predicted octanol–water partition coefficient (Wildman–Crippen LogP) is 0.553. The van der Waals surface area contributed by atoms with Gasteiger partial charge in [-0.2, -0.15) is 5.10 Å². The van der Waals surface area contributed by atoms with E-state index >= 15 is 0 Å². The summed E-state index contributed by atoms with van der Waals surface area (Å²) in [5.41, 5.74) is 0.476. The number of nitrogens with zero attached hydrogens (tertiary/aromatic N) is 3. The van der Waals surface area contributed by atoms with Crippen LogP contribution in [0.1, 0.15) is 5.82 Å². The number of anilines is 1. The minimum Gasteiger partial charge on any atom is -0.481 e. The van der Waals surface area contributed by atoms with E-state index in [1.54, 1.807) is 25.2 Å². The Balaban J connectivity index is 2.22. The fourth-order valence-corrected chi connectivity index (χ4v) is 2.05. The molecule has 8 nitrogen and oxygen atoms in total. The van der Waals surface area contributed by atoms with E-state index in [0.717, 1.165) is 0 Å². The molecule has 0 bridgehead atoms. The average Bonchev–Trinajstić information content (AvgIpc) is 2.65. The van der Waals surface area contributed by atoms with Gasteiger partial charge in [-0.1, -0.05) is 6.07 Å². The Bertz CT molecular complexity index is 731. The molecule has 0 saturated heterocycles. The highest BCUT2D eigenvalue weighted by molar-refractivity contribution is 5.86. The van der Waals surface area contributed by atoms with Gasteiger partial charge in [-0.25, -0.2) is 18.8 Å². The highest BCUT2D eigenvalue weighted by Gasteiger charge is 2.24. The summed E-state index contributed by atoms with van der Waals surface area (Å²) in [6, 6.07) is 4.88. The van der Waals surface area contributed by atoms with E-state index in [2.05, 4.69) is 10.4 Å². The van der Waals surface area contributed by atoms with Crippen molar-refractivity contribution in [2.24, 2.45) is 7.05 Å². The first kappa shape index (κ1) is 11.3. The van der Waals surface area contributed by atoms with Gasteiger partial charge < -0.3 is 9.84 Å². The van der Waals surface area contributed by atoms with Crippen molar-refractivity contribution >= 4 is 11.8 Å². The van der Waals surface area contributed by atoms with Crippen molar-refractivity contribution in [2.75, 3.05) is 5.32 Å². The number of ether oxygens (including phenoxy) is 1. The number of aryl methyl sites for hydroxylation is 1. The fraction of sp³-hybridized carbons (Fsp3) is 0.182. The molecule has 1 aliphatic heterocycles. The summed E-state index contributed by atoms with van der Waals surface area (Å²) in [5.74, 6) is 0.806. The van der Waals surface area contributed by atoms with Gasteiger partial charge in [0.2, 0.25) is 0 Å². The third-order valence-corrected chi connectivity index (χ3v) is 2.81. The van der Waals surface area contributed by atoms with E-state index in [9.17, 15) is 9.59 Å². The quantitative estimate of drug-likeness (QED) is 0.782. The van der Waals surface area contributed by atoms with Crippen LogP contribution in [0.5, 0.6) is 5.75 Å². The van der Waals surface area contributed by atoms with Gasteiger partial charge in [-0.3, -0.25) is 5.32 Å². The van der Waals surface area contributed by atoms with Crippen LogP contribution in [0.3, 0.4) is 0 Å². The van der Waals surface area contributed by atoms with E-state index in [-0.39, 0.29) is 12.3 Å². The van der Waals surface area contributed by atoms with Crippen LogP contribution in [-0.2, 0) is 13.7 Å². The number of hydrogen-bond acceptors (Lipinski definition) is 4. The number of rotatable bonds is 1. The minimum absolute atomic E-state index is 0.112. The van der Waals surface area contributed by atoms with E-state index in [4.69, 9.17) is 9.84 Å². The lowest BCUT2D eigenvalue weighted by molar-refractivity contribution is 0.209. The largest absolute Gasteiger partial charge is 0.481 e. The third kappa shape index (κ3) is 1.65. The fourth-order valence-electron chi connectivity index (χ4n) is 2.05. The molecular formula is C11H10N4O4. The van der Waals surface area contributed by atoms with Crippen LogP contribution in [0.4, 0.5) is 10.5 Å². The number of fused-ring (bicyclic) bond motifs is 3. The highest BCUT2D eigenvalue weighted by atomic mass is 16.5. The summed E-state index contributed by atoms with van der Waals surface area (Å²) in [5, 5.41) is 15.1. The number of amides is 1. The molecule has 1 aromatic heterocycles. The Kier molecular flexibility index (Phi) is 2.31. The molecule has 0 atom stereocenters. The maximum Gasteiger partial charge on any atom is 0.409 e. The first-order valence-corrected chi connectivity index (χ1v) is 5.49. The number of aromatic nitrogens is 3. The lowest BCUT2D eigenvalue weighted by Crippen LogP contribution is -2.25. The molecule has 0 unspecified atom stereocenters. The zero-order chi connectivity index (χ0) is 13.6. The van der Waals surface area contributed by atoms with Gasteiger partial charge in [-0.15, -0.1) is 0 Å². The summed E-state index contributed by atoms with van der Waals surface area (Å²) in [6.45, 7) is 0.112. The molecule has 0 saturated carbocycles. The van der Waals surface area contributed by atoms with Crippen molar-refractivity contribution in [3.63, 3.8) is 0 Å². The Morgan fingerprint density at radius 2 is 2.32 bits per heavy atom. The molecule has 1 amide bonds. The first-order chi connectivity index (χ1) is 9.08. The van der Waals surface area contributed by atoms with Crippen LogP contribution in [0.15, 0.2) is 23.0 Å². The van der Waals surface area contributed by atoms with Gasteiger partial charge in [0, 0.05) is 7.05 Å². The SMILES string of the molecule is Cn1nc2n(c1=O)-c1cccc(NC(=O)O)c1OC2. The lowest BCUT2D eigenvalue weighted by Gasteiger charge is -2.20. The van der Waals surface area contributed by atoms with E-state index in [0.29, 0.717) is 22.9 Å². The molecule has 0 spiro atoms. The van der Waals surface area contributed by atoms with E-state index in [1.807, 2.05) is 0 Å². The average molecular weight is 262 g/mol.